The molecule has 0 spiro atoms. The first-order valence-corrected chi connectivity index (χ1v) is 12.1. The Morgan fingerprint density at radius 2 is 1.84 bits per heavy atom. The van der Waals surface area contributed by atoms with Crippen LogP contribution < -0.4 is 15.3 Å². The first-order chi connectivity index (χ1) is 15.6. The van der Waals surface area contributed by atoms with Crippen molar-refractivity contribution in [3.63, 3.8) is 0 Å². The summed E-state index contributed by atoms with van der Waals surface area (Å²) in [5.41, 5.74) is 1.46. The summed E-state index contributed by atoms with van der Waals surface area (Å²) in [7, 11) is 0. The summed E-state index contributed by atoms with van der Waals surface area (Å²) in [6, 6.07) is 5.62. The predicted molar refractivity (Wildman–Crippen MR) is 127 cm³/mol. The molecule has 7 nitrogen and oxygen atoms in total. The highest BCUT2D eigenvalue weighted by Gasteiger charge is 2.30. The molecule has 1 amide bonds. The van der Waals surface area contributed by atoms with Crippen molar-refractivity contribution in [2.45, 2.75) is 46.0 Å². The van der Waals surface area contributed by atoms with Crippen LogP contribution in [0.5, 0.6) is 5.75 Å². The van der Waals surface area contributed by atoms with E-state index in [4.69, 9.17) is 9.15 Å². The molecule has 174 valence electrons. The fraction of sp³-hybridized carbons (Fsp3) is 0.600. The van der Waals surface area contributed by atoms with E-state index in [1.165, 1.54) is 0 Å². The molecular formula is C25H35N3O4. The average Bonchev–Trinajstić information content (AvgIpc) is 2.82. The zero-order valence-corrected chi connectivity index (χ0v) is 19.4. The van der Waals surface area contributed by atoms with Crippen LogP contribution in [0.25, 0.3) is 11.0 Å². The Kier molecular flexibility index (Phi) is 7.48. The van der Waals surface area contributed by atoms with Gasteiger partial charge in [-0.3, -0.25) is 9.69 Å². The van der Waals surface area contributed by atoms with Crippen molar-refractivity contribution in [1.29, 1.82) is 0 Å². The van der Waals surface area contributed by atoms with E-state index in [2.05, 4.69) is 23.6 Å². The highest BCUT2D eigenvalue weighted by Crippen LogP contribution is 2.33. The van der Waals surface area contributed by atoms with Crippen molar-refractivity contribution in [1.82, 2.24) is 9.80 Å². The second-order valence-electron chi connectivity index (χ2n) is 8.79. The molecule has 0 unspecified atom stereocenters. The summed E-state index contributed by atoms with van der Waals surface area (Å²) >= 11 is 0. The number of fused-ring (bicyclic) bond motifs is 3. The van der Waals surface area contributed by atoms with Crippen LogP contribution in [-0.4, -0.2) is 68.1 Å². The molecule has 2 aromatic rings. The summed E-state index contributed by atoms with van der Waals surface area (Å²) in [5, 5.41) is 0.877. The second-order valence-corrected chi connectivity index (χ2v) is 8.79. The van der Waals surface area contributed by atoms with Gasteiger partial charge in [-0.15, -0.1) is 0 Å². The predicted octanol–water partition coefficient (Wildman–Crippen LogP) is 3.28. The molecule has 2 aliphatic rings. The summed E-state index contributed by atoms with van der Waals surface area (Å²) in [6.45, 7) is 10.7. The van der Waals surface area contributed by atoms with E-state index in [9.17, 15) is 9.59 Å². The van der Waals surface area contributed by atoms with Crippen LogP contribution in [0.2, 0.25) is 0 Å². The van der Waals surface area contributed by atoms with E-state index in [1.807, 2.05) is 12.1 Å². The number of likely N-dealkylation sites (N-methyl/N-ethyl adjacent to an activating group) is 1. The van der Waals surface area contributed by atoms with Gasteiger partial charge in [-0.05, 0) is 49.6 Å². The van der Waals surface area contributed by atoms with E-state index in [0.717, 1.165) is 81.5 Å². The molecular weight excluding hydrogens is 406 g/mol. The Morgan fingerprint density at radius 1 is 1.06 bits per heavy atom. The smallest absolute Gasteiger partial charge is 0.360 e. The van der Waals surface area contributed by atoms with Gasteiger partial charge < -0.3 is 19.0 Å². The molecule has 3 heterocycles. The zero-order valence-electron chi connectivity index (χ0n) is 19.4. The van der Waals surface area contributed by atoms with E-state index >= 15 is 0 Å². The van der Waals surface area contributed by atoms with Gasteiger partial charge in [0.2, 0.25) is 5.91 Å². The van der Waals surface area contributed by atoms with Crippen molar-refractivity contribution in [3.05, 3.63) is 34.2 Å². The number of hydrogen-bond acceptors (Lipinski definition) is 6. The number of unbranched alkanes of at least 4 members (excludes halogenated alkanes) is 2. The minimum absolute atomic E-state index is 0.0190. The fourth-order valence-electron chi connectivity index (χ4n) is 4.71. The van der Waals surface area contributed by atoms with Crippen LogP contribution in [0.4, 0.5) is 5.69 Å². The summed E-state index contributed by atoms with van der Waals surface area (Å²) in [4.78, 5) is 32.3. The molecule has 4 rings (SSSR count). The molecule has 1 fully saturated rings. The lowest BCUT2D eigenvalue weighted by atomic mass is 9.98. The van der Waals surface area contributed by atoms with Crippen molar-refractivity contribution in [3.8, 4) is 5.75 Å². The van der Waals surface area contributed by atoms with Gasteiger partial charge in [-0.2, -0.15) is 0 Å². The van der Waals surface area contributed by atoms with Gasteiger partial charge in [0.05, 0.1) is 13.2 Å². The summed E-state index contributed by atoms with van der Waals surface area (Å²) < 4.78 is 11.6. The number of carbonyl (C=O) groups excluding carboxylic acids is 1. The van der Waals surface area contributed by atoms with Gasteiger partial charge >= 0.3 is 5.63 Å². The second kappa shape index (κ2) is 10.5. The first-order valence-electron chi connectivity index (χ1n) is 12.1. The molecule has 0 saturated carbocycles. The topological polar surface area (TPSA) is 66.2 Å². The summed E-state index contributed by atoms with van der Waals surface area (Å²) in [6.07, 6.45) is 4.91. The molecule has 1 aromatic heterocycles. The molecule has 32 heavy (non-hydrogen) atoms. The Hall–Kier alpha value is -2.38. The fourth-order valence-corrected chi connectivity index (χ4v) is 4.71. The molecule has 0 bridgehead atoms. The maximum absolute atomic E-state index is 13.2. The number of aryl methyl sites for hydroxylation is 1. The van der Waals surface area contributed by atoms with E-state index in [-0.39, 0.29) is 5.91 Å². The lowest BCUT2D eigenvalue weighted by molar-refractivity contribution is -0.120. The van der Waals surface area contributed by atoms with Gasteiger partial charge in [0, 0.05) is 38.1 Å². The Balaban J connectivity index is 1.55. The van der Waals surface area contributed by atoms with Gasteiger partial charge in [-0.25, -0.2) is 4.79 Å². The third kappa shape index (κ3) is 4.99. The van der Waals surface area contributed by atoms with Crippen molar-refractivity contribution >= 4 is 22.6 Å². The lowest BCUT2D eigenvalue weighted by Gasteiger charge is -2.35. The highest BCUT2D eigenvalue weighted by atomic mass is 16.5. The number of amides is 1. The standard InChI is InChI=1S/C25H35N3O4/c1-3-5-6-16-31-19-9-10-22-21(17-19)20-8-7-11-28(24(20)25(30)32-22)23(29)18-27-14-12-26(4-2)13-15-27/h9-10,17H,3-8,11-16,18H2,1-2H3. The molecule has 0 atom stereocenters. The largest absolute Gasteiger partial charge is 0.494 e. The quantitative estimate of drug-likeness (QED) is 0.463. The number of hydrogen-bond donors (Lipinski definition) is 0. The molecule has 7 heteroatoms. The Labute approximate surface area is 189 Å². The van der Waals surface area contributed by atoms with Crippen LogP contribution in [0.15, 0.2) is 27.4 Å². The minimum Gasteiger partial charge on any atom is -0.494 e. The van der Waals surface area contributed by atoms with Crippen LogP contribution in [0.3, 0.4) is 0 Å². The number of carbonyl (C=O) groups is 1. The highest BCUT2D eigenvalue weighted by molar-refractivity contribution is 5.98. The summed E-state index contributed by atoms with van der Waals surface area (Å²) in [5.74, 6) is 0.761. The first kappa shape index (κ1) is 22.8. The monoisotopic (exact) mass is 441 g/mol. The van der Waals surface area contributed by atoms with Gasteiger partial charge in [0.1, 0.15) is 17.0 Å². The maximum atomic E-state index is 13.2. The number of anilines is 1. The van der Waals surface area contributed by atoms with Crippen LogP contribution in [-0.2, 0) is 11.2 Å². The minimum atomic E-state index is -0.423. The van der Waals surface area contributed by atoms with Crippen molar-refractivity contribution in [2.75, 3.05) is 57.3 Å². The number of benzene rings is 1. The SMILES string of the molecule is CCCCCOc1ccc2oc(=O)c3c(c2c1)CCCN3C(=O)CN1CCN(CC)CC1. The Morgan fingerprint density at radius 3 is 2.59 bits per heavy atom. The molecule has 1 saturated heterocycles. The number of piperazine rings is 1. The molecule has 0 N–H and O–H groups in total. The Bertz CT molecular complexity index is 995. The van der Waals surface area contributed by atoms with E-state index in [0.29, 0.717) is 31.0 Å². The van der Waals surface area contributed by atoms with Crippen molar-refractivity contribution in [2.24, 2.45) is 0 Å². The zero-order chi connectivity index (χ0) is 22.5. The maximum Gasteiger partial charge on any atom is 0.360 e. The lowest BCUT2D eigenvalue weighted by Crippen LogP contribution is -2.51. The van der Waals surface area contributed by atoms with Crippen LogP contribution >= 0.6 is 0 Å². The van der Waals surface area contributed by atoms with E-state index in [1.54, 1.807) is 11.0 Å². The van der Waals surface area contributed by atoms with Crippen LogP contribution in [0.1, 0.15) is 45.1 Å². The normalized spacial score (nSPS) is 17.5. The number of nitrogens with zero attached hydrogens (tertiary/aromatic N) is 3. The van der Waals surface area contributed by atoms with Crippen molar-refractivity contribution < 1.29 is 13.9 Å². The molecule has 2 aliphatic heterocycles. The molecule has 0 aliphatic carbocycles. The third-order valence-electron chi connectivity index (χ3n) is 6.63. The van der Waals surface area contributed by atoms with Crippen LogP contribution in [0, 0.1) is 0 Å². The molecule has 0 radical (unpaired) electrons. The number of rotatable bonds is 8. The third-order valence-corrected chi connectivity index (χ3v) is 6.63. The van der Waals surface area contributed by atoms with E-state index < -0.39 is 5.63 Å². The van der Waals surface area contributed by atoms with Gasteiger partial charge in [0.15, 0.2) is 0 Å². The molecule has 1 aromatic carbocycles. The average molecular weight is 442 g/mol. The van der Waals surface area contributed by atoms with Gasteiger partial charge in [-0.1, -0.05) is 26.7 Å². The number of ether oxygens (including phenoxy) is 1. The van der Waals surface area contributed by atoms with Gasteiger partial charge in [0.25, 0.3) is 0 Å².